The van der Waals surface area contributed by atoms with E-state index in [4.69, 9.17) is 0 Å². The number of aliphatic imine (C=N–C) groups is 1. The van der Waals surface area contributed by atoms with E-state index in [9.17, 15) is 4.39 Å². The fraction of sp³-hybridized carbons (Fsp3) is 0.650. The van der Waals surface area contributed by atoms with Gasteiger partial charge < -0.3 is 15.5 Å². The predicted octanol–water partition coefficient (Wildman–Crippen LogP) is 3.25. The van der Waals surface area contributed by atoms with Gasteiger partial charge in [-0.1, -0.05) is 26.0 Å². The first kappa shape index (κ1) is 19.7. The van der Waals surface area contributed by atoms with Gasteiger partial charge in [0.15, 0.2) is 5.96 Å². The van der Waals surface area contributed by atoms with Gasteiger partial charge in [0.1, 0.15) is 5.82 Å². The lowest BCUT2D eigenvalue weighted by Crippen LogP contribution is -2.40. The van der Waals surface area contributed by atoms with Gasteiger partial charge in [-0.2, -0.15) is 0 Å². The third-order valence-corrected chi connectivity index (χ3v) is 4.71. The van der Waals surface area contributed by atoms with Gasteiger partial charge in [0.05, 0.1) is 0 Å². The van der Waals surface area contributed by atoms with Gasteiger partial charge in [0.2, 0.25) is 0 Å². The van der Waals surface area contributed by atoms with E-state index in [1.807, 2.05) is 6.07 Å². The molecule has 0 amide bonds. The molecule has 2 atom stereocenters. The quantitative estimate of drug-likeness (QED) is 0.451. The highest BCUT2D eigenvalue weighted by molar-refractivity contribution is 5.79. The van der Waals surface area contributed by atoms with E-state index in [1.54, 1.807) is 19.2 Å². The molecule has 1 aromatic carbocycles. The van der Waals surface area contributed by atoms with Gasteiger partial charge in [-0.15, -0.1) is 0 Å². The second kappa shape index (κ2) is 10.4. The number of halogens is 1. The van der Waals surface area contributed by atoms with Crippen molar-refractivity contribution < 1.29 is 4.39 Å². The van der Waals surface area contributed by atoms with E-state index in [-0.39, 0.29) is 5.82 Å². The molecule has 0 bridgehead atoms. The molecule has 4 nitrogen and oxygen atoms in total. The van der Waals surface area contributed by atoms with Crippen LogP contribution in [0.5, 0.6) is 0 Å². The maximum atomic E-state index is 13.2. The average molecular weight is 349 g/mol. The van der Waals surface area contributed by atoms with Crippen molar-refractivity contribution in [3.05, 3.63) is 35.6 Å². The lowest BCUT2D eigenvalue weighted by Gasteiger charge is -2.34. The summed E-state index contributed by atoms with van der Waals surface area (Å²) < 4.78 is 13.2. The molecule has 1 aliphatic rings. The normalized spacial score (nSPS) is 22.0. The van der Waals surface area contributed by atoms with Crippen LogP contribution in [0.3, 0.4) is 0 Å². The number of rotatable bonds is 7. The first-order valence-corrected chi connectivity index (χ1v) is 9.48. The van der Waals surface area contributed by atoms with Gasteiger partial charge in [-0.25, -0.2) is 4.39 Å². The van der Waals surface area contributed by atoms with Gasteiger partial charge in [0, 0.05) is 33.2 Å². The summed E-state index contributed by atoms with van der Waals surface area (Å²) in [7, 11) is 1.76. The molecule has 1 aromatic rings. The topological polar surface area (TPSA) is 39.7 Å². The van der Waals surface area contributed by atoms with Crippen LogP contribution in [0.15, 0.2) is 29.3 Å². The Bertz CT molecular complexity index is 536. The van der Waals surface area contributed by atoms with E-state index in [0.717, 1.165) is 36.3 Å². The first-order valence-electron chi connectivity index (χ1n) is 9.48. The van der Waals surface area contributed by atoms with Crippen LogP contribution in [-0.4, -0.2) is 44.1 Å². The molecule has 1 fully saturated rings. The Hall–Kier alpha value is -1.62. The Labute approximate surface area is 151 Å². The molecule has 0 saturated carbocycles. The lowest BCUT2D eigenvalue weighted by molar-refractivity contribution is 0.139. The molecule has 25 heavy (non-hydrogen) atoms. The van der Waals surface area contributed by atoms with Crippen LogP contribution < -0.4 is 10.6 Å². The van der Waals surface area contributed by atoms with Crippen LogP contribution in [-0.2, 0) is 6.54 Å². The van der Waals surface area contributed by atoms with Crippen molar-refractivity contribution in [1.82, 2.24) is 15.5 Å². The molecule has 1 saturated heterocycles. The SMILES string of the molecule is CN=C(NCCCCN1CC(C)CC(C)C1)NCc1cccc(F)c1. The van der Waals surface area contributed by atoms with Crippen molar-refractivity contribution in [2.45, 2.75) is 39.7 Å². The summed E-state index contributed by atoms with van der Waals surface area (Å²) in [6.45, 7) is 9.87. The average Bonchev–Trinajstić information content (AvgIpc) is 2.56. The third-order valence-electron chi connectivity index (χ3n) is 4.71. The summed E-state index contributed by atoms with van der Waals surface area (Å²) in [6, 6.07) is 6.64. The van der Waals surface area contributed by atoms with Crippen LogP contribution in [0.1, 0.15) is 38.7 Å². The molecule has 0 spiro atoms. The van der Waals surface area contributed by atoms with Gasteiger partial charge >= 0.3 is 0 Å². The zero-order chi connectivity index (χ0) is 18.1. The van der Waals surface area contributed by atoms with Crippen molar-refractivity contribution >= 4 is 5.96 Å². The maximum Gasteiger partial charge on any atom is 0.191 e. The van der Waals surface area contributed by atoms with Crippen molar-refractivity contribution in [2.24, 2.45) is 16.8 Å². The summed E-state index contributed by atoms with van der Waals surface area (Å²) in [4.78, 5) is 6.83. The van der Waals surface area contributed by atoms with E-state index < -0.39 is 0 Å². The number of benzene rings is 1. The van der Waals surface area contributed by atoms with E-state index in [1.165, 1.54) is 38.5 Å². The molecule has 5 heteroatoms. The highest BCUT2D eigenvalue weighted by Gasteiger charge is 2.20. The van der Waals surface area contributed by atoms with Crippen molar-refractivity contribution in [2.75, 3.05) is 33.2 Å². The van der Waals surface area contributed by atoms with E-state index >= 15 is 0 Å². The molecule has 1 aliphatic heterocycles. The largest absolute Gasteiger partial charge is 0.356 e. The summed E-state index contributed by atoms with van der Waals surface area (Å²) in [5.41, 5.74) is 0.913. The fourth-order valence-corrected chi connectivity index (χ4v) is 3.70. The minimum absolute atomic E-state index is 0.205. The van der Waals surface area contributed by atoms with Gasteiger partial charge in [-0.05, 0) is 55.3 Å². The number of guanidine groups is 1. The molecule has 140 valence electrons. The minimum atomic E-state index is -0.205. The number of hydrogen-bond donors (Lipinski definition) is 2. The summed E-state index contributed by atoms with van der Waals surface area (Å²) in [6.07, 6.45) is 3.69. The summed E-state index contributed by atoms with van der Waals surface area (Å²) >= 11 is 0. The summed E-state index contributed by atoms with van der Waals surface area (Å²) in [5, 5.41) is 6.56. The minimum Gasteiger partial charge on any atom is -0.356 e. The molecule has 0 aromatic heterocycles. The monoisotopic (exact) mass is 348 g/mol. The highest BCUT2D eigenvalue weighted by atomic mass is 19.1. The van der Waals surface area contributed by atoms with Crippen LogP contribution in [0, 0.1) is 17.7 Å². The van der Waals surface area contributed by atoms with Crippen molar-refractivity contribution in [3.63, 3.8) is 0 Å². The van der Waals surface area contributed by atoms with Crippen LogP contribution in [0.4, 0.5) is 4.39 Å². The number of nitrogens with one attached hydrogen (secondary N) is 2. The number of likely N-dealkylation sites (tertiary alicyclic amines) is 1. The Morgan fingerprint density at radius 3 is 2.64 bits per heavy atom. The second-order valence-corrected chi connectivity index (χ2v) is 7.40. The van der Waals surface area contributed by atoms with Crippen LogP contribution in [0.2, 0.25) is 0 Å². The standard InChI is InChI=1S/C20H33FN4/c1-16-11-17(2)15-25(14-16)10-5-4-9-23-20(22-3)24-13-18-7-6-8-19(21)12-18/h6-8,12,16-17H,4-5,9-11,13-15H2,1-3H3,(H2,22,23,24). The first-order chi connectivity index (χ1) is 12.1. The third kappa shape index (κ3) is 7.43. The molecule has 0 aliphatic carbocycles. The van der Waals surface area contributed by atoms with Crippen molar-refractivity contribution in [1.29, 1.82) is 0 Å². The zero-order valence-corrected chi connectivity index (χ0v) is 15.9. The Morgan fingerprint density at radius 1 is 1.20 bits per heavy atom. The molecular weight excluding hydrogens is 315 g/mol. The Balaban J connectivity index is 1.59. The Morgan fingerprint density at radius 2 is 1.96 bits per heavy atom. The fourth-order valence-electron chi connectivity index (χ4n) is 3.70. The molecule has 2 rings (SSSR count). The molecule has 0 radical (unpaired) electrons. The predicted molar refractivity (Wildman–Crippen MR) is 103 cm³/mol. The van der Waals surface area contributed by atoms with Crippen molar-refractivity contribution in [3.8, 4) is 0 Å². The van der Waals surface area contributed by atoms with E-state index in [2.05, 4.69) is 34.4 Å². The number of nitrogens with zero attached hydrogens (tertiary/aromatic N) is 2. The van der Waals surface area contributed by atoms with Crippen LogP contribution in [0.25, 0.3) is 0 Å². The molecule has 2 unspecified atom stereocenters. The molecular formula is C20H33FN4. The zero-order valence-electron chi connectivity index (χ0n) is 15.9. The Kier molecular flexibility index (Phi) is 8.19. The number of unbranched alkanes of at least 4 members (excludes halogenated alkanes) is 1. The second-order valence-electron chi connectivity index (χ2n) is 7.40. The van der Waals surface area contributed by atoms with Crippen LogP contribution >= 0.6 is 0 Å². The molecule has 2 N–H and O–H groups in total. The summed E-state index contributed by atoms with van der Waals surface area (Å²) in [5.74, 6) is 2.22. The van der Waals surface area contributed by atoms with E-state index in [0.29, 0.717) is 6.54 Å². The lowest BCUT2D eigenvalue weighted by atomic mass is 9.92. The van der Waals surface area contributed by atoms with Gasteiger partial charge in [-0.3, -0.25) is 4.99 Å². The number of hydrogen-bond acceptors (Lipinski definition) is 2. The number of piperidine rings is 1. The highest BCUT2D eigenvalue weighted by Crippen LogP contribution is 2.20. The smallest absolute Gasteiger partial charge is 0.191 e. The van der Waals surface area contributed by atoms with Gasteiger partial charge in [0.25, 0.3) is 0 Å². The maximum absolute atomic E-state index is 13.2. The molecule has 1 heterocycles.